The Hall–Kier alpha value is -2.24. The summed E-state index contributed by atoms with van der Waals surface area (Å²) in [7, 11) is 0. The Kier molecular flexibility index (Phi) is 8.25. The van der Waals surface area contributed by atoms with E-state index in [0.717, 1.165) is 50.7 Å². The highest BCUT2D eigenvalue weighted by atomic mass is 16.5. The van der Waals surface area contributed by atoms with E-state index < -0.39 is 0 Å². The number of hydrogen-bond acceptors (Lipinski definition) is 3. The van der Waals surface area contributed by atoms with Gasteiger partial charge in [0.2, 0.25) is 5.91 Å². The van der Waals surface area contributed by atoms with E-state index in [-0.39, 0.29) is 12.0 Å². The molecule has 1 aliphatic rings. The van der Waals surface area contributed by atoms with Crippen molar-refractivity contribution < 1.29 is 9.53 Å². The fourth-order valence-electron chi connectivity index (χ4n) is 2.87. The molecule has 1 aromatic rings. The molecular weight excluding hydrogens is 328 g/mol. The van der Waals surface area contributed by atoms with Crippen LogP contribution in [0.15, 0.2) is 29.3 Å². The van der Waals surface area contributed by atoms with Gasteiger partial charge in [-0.05, 0) is 45.7 Å². The van der Waals surface area contributed by atoms with E-state index >= 15 is 0 Å². The van der Waals surface area contributed by atoms with Crippen LogP contribution in [0.1, 0.15) is 38.7 Å². The van der Waals surface area contributed by atoms with Gasteiger partial charge < -0.3 is 20.3 Å². The molecular formula is C20H32N4O2. The van der Waals surface area contributed by atoms with Crippen LogP contribution in [0, 0.1) is 6.92 Å². The predicted octanol–water partition coefficient (Wildman–Crippen LogP) is 2.33. The highest BCUT2D eigenvalue weighted by Crippen LogP contribution is 2.13. The fourth-order valence-corrected chi connectivity index (χ4v) is 2.87. The molecule has 1 atom stereocenters. The zero-order valence-electron chi connectivity index (χ0n) is 16.3. The molecule has 6 nitrogen and oxygen atoms in total. The van der Waals surface area contributed by atoms with Crippen molar-refractivity contribution in [3.63, 3.8) is 0 Å². The quantitative estimate of drug-likeness (QED) is 0.403. The molecule has 1 fully saturated rings. The summed E-state index contributed by atoms with van der Waals surface area (Å²) in [6, 6.07) is 8.06. The first kappa shape index (κ1) is 20.1. The SMILES string of the molecule is CCNC(=NCC(C)Oc1ccc(C)cc1)NCCCN1CCCC1=O. The molecule has 0 aliphatic carbocycles. The average molecular weight is 361 g/mol. The second kappa shape index (κ2) is 10.7. The van der Waals surface area contributed by atoms with Crippen molar-refractivity contribution in [2.75, 3.05) is 32.7 Å². The molecule has 144 valence electrons. The lowest BCUT2D eigenvalue weighted by atomic mass is 10.2. The summed E-state index contributed by atoms with van der Waals surface area (Å²) in [5, 5.41) is 6.58. The monoisotopic (exact) mass is 360 g/mol. The van der Waals surface area contributed by atoms with Crippen LogP contribution >= 0.6 is 0 Å². The van der Waals surface area contributed by atoms with E-state index in [1.54, 1.807) is 0 Å². The van der Waals surface area contributed by atoms with E-state index in [0.29, 0.717) is 13.0 Å². The number of nitrogens with zero attached hydrogens (tertiary/aromatic N) is 2. The molecule has 1 unspecified atom stereocenters. The van der Waals surface area contributed by atoms with Crippen LogP contribution in [-0.2, 0) is 4.79 Å². The third kappa shape index (κ3) is 6.94. The number of carbonyl (C=O) groups excluding carboxylic acids is 1. The summed E-state index contributed by atoms with van der Waals surface area (Å²) in [5.41, 5.74) is 1.22. The normalized spacial score (nSPS) is 15.9. The van der Waals surface area contributed by atoms with Gasteiger partial charge >= 0.3 is 0 Å². The molecule has 1 aromatic carbocycles. The first-order valence-electron chi connectivity index (χ1n) is 9.61. The summed E-state index contributed by atoms with van der Waals surface area (Å²) in [6.07, 6.45) is 2.62. The van der Waals surface area contributed by atoms with Crippen molar-refractivity contribution in [3.05, 3.63) is 29.8 Å². The largest absolute Gasteiger partial charge is 0.489 e. The Labute approximate surface area is 157 Å². The van der Waals surface area contributed by atoms with Gasteiger partial charge in [0.05, 0.1) is 6.54 Å². The van der Waals surface area contributed by atoms with Crippen molar-refractivity contribution in [1.29, 1.82) is 0 Å². The molecule has 6 heteroatoms. The molecule has 0 aromatic heterocycles. The number of aliphatic imine (C=N–C) groups is 1. The number of guanidine groups is 1. The Balaban J connectivity index is 1.72. The van der Waals surface area contributed by atoms with Crippen molar-refractivity contribution in [2.45, 2.75) is 46.1 Å². The Morgan fingerprint density at radius 3 is 2.73 bits per heavy atom. The second-order valence-corrected chi connectivity index (χ2v) is 6.73. The van der Waals surface area contributed by atoms with Crippen LogP contribution in [0.3, 0.4) is 0 Å². The zero-order chi connectivity index (χ0) is 18.8. The third-order valence-corrected chi connectivity index (χ3v) is 4.28. The molecule has 0 bridgehead atoms. The van der Waals surface area contributed by atoms with Crippen molar-refractivity contribution in [1.82, 2.24) is 15.5 Å². The number of nitrogens with one attached hydrogen (secondary N) is 2. The minimum absolute atomic E-state index is 0.00427. The minimum atomic E-state index is -0.00427. The van der Waals surface area contributed by atoms with Gasteiger partial charge in [0.1, 0.15) is 11.9 Å². The van der Waals surface area contributed by atoms with Crippen molar-refractivity contribution in [2.24, 2.45) is 4.99 Å². The molecule has 1 heterocycles. The maximum atomic E-state index is 11.6. The summed E-state index contributed by atoms with van der Waals surface area (Å²) in [5.74, 6) is 1.94. The number of benzene rings is 1. The van der Waals surface area contributed by atoms with Crippen LogP contribution in [-0.4, -0.2) is 55.6 Å². The number of rotatable bonds is 9. The summed E-state index contributed by atoms with van der Waals surface area (Å²) in [4.78, 5) is 18.2. The van der Waals surface area contributed by atoms with Gasteiger partial charge in [-0.15, -0.1) is 0 Å². The van der Waals surface area contributed by atoms with Gasteiger partial charge in [-0.1, -0.05) is 17.7 Å². The number of carbonyl (C=O) groups is 1. The average Bonchev–Trinajstić information content (AvgIpc) is 3.03. The van der Waals surface area contributed by atoms with Gasteiger partial charge in [-0.25, -0.2) is 4.99 Å². The lowest BCUT2D eigenvalue weighted by Crippen LogP contribution is -2.39. The molecule has 0 radical (unpaired) electrons. The van der Waals surface area contributed by atoms with Crippen LogP contribution in [0.2, 0.25) is 0 Å². The molecule has 2 N–H and O–H groups in total. The molecule has 2 rings (SSSR count). The van der Waals surface area contributed by atoms with E-state index in [2.05, 4.69) is 22.5 Å². The first-order chi connectivity index (χ1) is 12.6. The third-order valence-electron chi connectivity index (χ3n) is 4.28. The maximum Gasteiger partial charge on any atom is 0.222 e. The predicted molar refractivity (Wildman–Crippen MR) is 106 cm³/mol. The number of hydrogen-bond donors (Lipinski definition) is 2. The molecule has 1 aliphatic heterocycles. The topological polar surface area (TPSA) is 66.0 Å². The van der Waals surface area contributed by atoms with Gasteiger partial charge in [0.15, 0.2) is 5.96 Å². The summed E-state index contributed by atoms with van der Waals surface area (Å²) < 4.78 is 5.90. The lowest BCUT2D eigenvalue weighted by molar-refractivity contribution is -0.127. The molecule has 1 saturated heterocycles. The Morgan fingerprint density at radius 1 is 1.31 bits per heavy atom. The van der Waals surface area contributed by atoms with Crippen molar-refractivity contribution in [3.8, 4) is 5.75 Å². The van der Waals surface area contributed by atoms with E-state index in [1.165, 1.54) is 5.56 Å². The Morgan fingerprint density at radius 2 is 2.08 bits per heavy atom. The second-order valence-electron chi connectivity index (χ2n) is 6.73. The lowest BCUT2D eigenvalue weighted by Gasteiger charge is -2.17. The molecule has 1 amide bonds. The smallest absolute Gasteiger partial charge is 0.222 e. The zero-order valence-corrected chi connectivity index (χ0v) is 16.3. The van der Waals surface area contributed by atoms with E-state index in [9.17, 15) is 4.79 Å². The van der Waals surface area contributed by atoms with Crippen LogP contribution < -0.4 is 15.4 Å². The number of likely N-dealkylation sites (tertiary alicyclic amines) is 1. The van der Waals surface area contributed by atoms with E-state index in [1.807, 2.05) is 43.0 Å². The van der Waals surface area contributed by atoms with Gasteiger partial charge in [-0.3, -0.25) is 4.79 Å². The maximum absolute atomic E-state index is 11.6. The summed E-state index contributed by atoms with van der Waals surface area (Å²) >= 11 is 0. The van der Waals surface area contributed by atoms with Gasteiger partial charge in [0, 0.05) is 32.6 Å². The van der Waals surface area contributed by atoms with Crippen LogP contribution in [0.4, 0.5) is 0 Å². The van der Waals surface area contributed by atoms with Crippen molar-refractivity contribution >= 4 is 11.9 Å². The first-order valence-corrected chi connectivity index (χ1v) is 9.61. The summed E-state index contributed by atoms with van der Waals surface area (Å²) in [6.45, 7) is 10.0. The highest BCUT2D eigenvalue weighted by Gasteiger charge is 2.18. The Bertz CT molecular complexity index is 586. The van der Waals surface area contributed by atoms with E-state index in [4.69, 9.17) is 4.74 Å². The number of aryl methyl sites for hydroxylation is 1. The molecule has 0 saturated carbocycles. The number of amides is 1. The van der Waals surface area contributed by atoms with Gasteiger partial charge in [-0.2, -0.15) is 0 Å². The van der Waals surface area contributed by atoms with Crippen LogP contribution in [0.5, 0.6) is 5.75 Å². The molecule has 0 spiro atoms. The number of ether oxygens (including phenoxy) is 1. The van der Waals surface area contributed by atoms with Gasteiger partial charge in [0.25, 0.3) is 0 Å². The fraction of sp³-hybridized carbons (Fsp3) is 0.600. The molecule has 26 heavy (non-hydrogen) atoms. The highest BCUT2D eigenvalue weighted by molar-refractivity contribution is 5.79. The standard InChI is InChI=1S/C20H32N4O2/c1-4-21-20(22-12-6-14-24-13-5-7-19(24)25)23-15-17(3)26-18-10-8-16(2)9-11-18/h8-11,17H,4-7,12-15H2,1-3H3,(H2,21,22,23). The minimum Gasteiger partial charge on any atom is -0.489 e. The van der Waals surface area contributed by atoms with Crippen LogP contribution in [0.25, 0.3) is 0 Å².